The molecule has 13 nitrogen and oxygen atoms in total. The van der Waals surface area contributed by atoms with Crippen LogP contribution in [0.2, 0.25) is 0 Å². The molecule has 4 rings (SSSR count). The van der Waals surface area contributed by atoms with E-state index in [-0.39, 0.29) is 53.6 Å². The number of aliphatic hydroxyl groups is 1. The number of aliphatic hydroxyl groups excluding tert-OH is 1. The number of nitrogens with one attached hydrogen (secondary N) is 2. The van der Waals surface area contributed by atoms with Crippen molar-refractivity contribution in [3.63, 3.8) is 0 Å². The van der Waals surface area contributed by atoms with Gasteiger partial charge in [0.1, 0.15) is 16.3 Å². The van der Waals surface area contributed by atoms with E-state index in [0.29, 0.717) is 30.2 Å². The van der Waals surface area contributed by atoms with Crippen molar-refractivity contribution in [2.45, 2.75) is 77.0 Å². The molecule has 0 bridgehead atoms. The van der Waals surface area contributed by atoms with Crippen molar-refractivity contribution in [3.8, 4) is 5.75 Å². The monoisotopic (exact) mass is 685 g/mol. The Labute approximate surface area is 282 Å². The summed E-state index contributed by atoms with van der Waals surface area (Å²) in [7, 11) is -2.46. The number of aryl methyl sites for hydroxylation is 2. The number of benzene rings is 2. The third kappa shape index (κ3) is 9.13. The van der Waals surface area contributed by atoms with E-state index in [0.717, 1.165) is 12.8 Å². The molecule has 3 aromatic rings. The van der Waals surface area contributed by atoms with Gasteiger partial charge in [-0.05, 0) is 77.3 Å². The second kappa shape index (κ2) is 16.4. The van der Waals surface area contributed by atoms with Gasteiger partial charge in [-0.3, -0.25) is 4.79 Å². The zero-order valence-corrected chi connectivity index (χ0v) is 29.2. The Morgan fingerprint density at radius 3 is 2.48 bits per heavy atom. The molecule has 0 saturated heterocycles. The molecular weight excluding hydrogens is 638 g/mol. The number of rotatable bonds is 8. The average Bonchev–Trinajstić information content (AvgIpc) is 3.40. The number of para-hydroxylation sites is 1. The average molecular weight is 686 g/mol. The highest BCUT2D eigenvalue weighted by atomic mass is 32.2. The molecule has 14 heteroatoms. The van der Waals surface area contributed by atoms with Crippen LogP contribution >= 0.6 is 0 Å². The molecule has 0 radical (unpaired) electrons. The predicted octanol–water partition coefficient (Wildman–Crippen LogP) is 5.05. The molecule has 0 saturated carbocycles. The molecule has 48 heavy (non-hydrogen) atoms. The van der Waals surface area contributed by atoms with Gasteiger partial charge in [0.25, 0.3) is 5.91 Å². The topological polar surface area (TPSA) is 164 Å². The Morgan fingerprint density at radius 1 is 1.10 bits per heavy atom. The number of hydrogen-bond donors (Lipinski definition) is 3. The maximum absolute atomic E-state index is 14.3. The normalized spacial score (nSPS) is 20.4. The summed E-state index contributed by atoms with van der Waals surface area (Å²) in [5, 5.41) is 19.6. The number of aromatic nitrogens is 1. The number of sulfonamides is 1. The fourth-order valence-electron chi connectivity index (χ4n) is 5.63. The van der Waals surface area contributed by atoms with Gasteiger partial charge in [0, 0.05) is 44.0 Å². The largest absolute Gasteiger partial charge is 0.490 e. The van der Waals surface area contributed by atoms with Gasteiger partial charge < -0.3 is 34.6 Å². The molecule has 4 atom stereocenters. The molecule has 1 aliphatic rings. The van der Waals surface area contributed by atoms with Crippen LogP contribution in [0.1, 0.15) is 61.8 Å². The van der Waals surface area contributed by atoms with Gasteiger partial charge in [-0.15, -0.1) is 0 Å². The summed E-state index contributed by atoms with van der Waals surface area (Å²) in [6.45, 7) is 8.93. The number of carbonyl (C=O) groups excluding carboxylic acids is 2. The molecule has 1 aliphatic heterocycles. The fourth-order valence-corrected chi connectivity index (χ4v) is 7.09. The molecule has 0 spiro atoms. The number of hydrogen-bond acceptors (Lipinski definition) is 9. The van der Waals surface area contributed by atoms with Crippen LogP contribution in [-0.2, 0) is 14.8 Å². The van der Waals surface area contributed by atoms with Crippen LogP contribution < -0.4 is 15.4 Å². The molecule has 0 fully saturated rings. The molecule has 3 N–H and O–H groups in total. The van der Waals surface area contributed by atoms with Crippen LogP contribution in [0.3, 0.4) is 0 Å². The van der Waals surface area contributed by atoms with Gasteiger partial charge >= 0.3 is 6.03 Å². The van der Waals surface area contributed by atoms with Gasteiger partial charge in [-0.25, -0.2) is 13.2 Å². The van der Waals surface area contributed by atoms with E-state index in [1.165, 1.54) is 16.3 Å². The molecule has 2 aromatic carbocycles. The second-order valence-electron chi connectivity index (χ2n) is 12.4. The van der Waals surface area contributed by atoms with Crippen LogP contribution in [0.25, 0.3) is 0 Å². The summed E-state index contributed by atoms with van der Waals surface area (Å²) in [6.07, 6.45) is 1.38. The van der Waals surface area contributed by atoms with E-state index in [1.807, 2.05) is 32.0 Å². The van der Waals surface area contributed by atoms with Gasteiger partial charge in [0.05, 0.1) is 30.4 Å². The number of nitrogens with zero attached hydrogens (tertiary/aromatic N) is 3. The number of likely N-dealkylation sites (N-methyl/N-ethyl adjacent to an activating group) is 1. The van der Waals surface area contributed by atoms with Crippen molar-refractivity contribution in [3.05, 3.63) is 65.5 Å². The van der Waals surface area contributed by atoms with Crippen molar-refractivity contribution < 1.29 is 37.1 Å². The Balaban J connectivity index is 1.64. The zero-order valence-electron chi connectivity index (χ0n) is 28.4. The lowest BCUT2D eigenvalue weighted by atomic mass is 10.0. The molecule has 0 unspecified atom stereocenters. The molecule has 3 amide bonds. The predicted molar refractivity (Wildman–Crippen MR) is 182 cm³/mol. The van der Waals surface area contributed by atoms with Crippen molar-refractivity contribution in [2.24, 2.45) is 5.92 Å². The van der Waals surface area contributed by atoms with E-state index in [2.05, 4.69) is 15.8 Å². The lowest BCUT2D eigenvalue weighted by Gasteiger charge is -2.35. The summed E-state index contributed by atoms with van der Waals surface area (Å²) in [4.78, 5) is 28.7. The molecule has 262 valence electrons. The van der Waals surface area contributed by atoms with E-state index < -0.39 is 34.1 Å². The molecule has 1 aromatic heterocycles. The fraction of sp³-hybridized carbons (Fsp3) is 0.500. The van der Waals surface area contributed by atoms with Crippen LogP contribution in [0.4, 0.5) is 16.2 Å². The van der Waals surface area contributed by atoms with Crippen LogP contribution in [0, 0.1) is 19.8 Å². The number of urea groups is 1. The highest BCUT2D eigenvalue weighted by Crippen LogP contribution is 2.29. The van der Waals surface area contributed by atoms with Crippen molar-refractivity contribution in [1.29, 1.82) is 0 Å². The zero-order chi connectivity index (χ0) is 35.0. The van der Waals surface area contributed by atoms with Crippen LogP contribution in [0.5, 0.6) is 5.75 Å². The van der Waals surface area contributed by atoms with Crippen LogP contribution in [0.15, 0.2) is 57.9 Å². The first-order valence-electron chi connectivity index (χ1n) is 16.2. The standard InChI is InChI=1S/C34H47N5O8S/c1-22-19-39(23(2)21-40)33(41)29-18-28(36-34(42)35-27-13-8-7-9-14-27)15-16-30(29)46-24(3)12-10-11-17-45-31(22)20-38(6)48(43,44)32-25(4)37-47-26(32)5/h7-9,13-16,18,22-24,31,40H,10-12,17,19-21H2,1-6H3,(H2,35,36,42)/t22-,23+,24-,31+/m0/s1. The summed E-state index contributed by atoms with van der Waals surface area (Å²) >= 11 is 0. The SMILES string of the molecule is Cc1noc(C)c1S(=O)(=O)N(C)C[C@H]1OCCCC[C@H](C)Oc2ccc(NC(=O)Nc3ccccc3)cc2C(=O)N([C@H](C)CO)C[C@@H]1C. The first-order valence-corrected chi connectivity index (χ1v) is 17.6. The molecule has 0 aliphatic carbocycles. The first-order chi connectivity index (χ1) is 22.8. The minimum atomic E-state index is -3.95. The number of ether oxygens (including phenoxy) is 2. The Hall–Kier alpha value is -3.98. The second-order valence-corrected chi connectivity index (χ2v) is 14.4. The van der Waals surface area contributed by atoms with E-state index in [9.17, 15) is 23.1 Å². The van der Waals surface area contributed by atoms with Crippen molar-refractivity contribution in [1.82, 2.24) is 14.4 Å². The van der Waals surface area contributed by atoms with Crippen molar-refractivity contribution >= 4 is 33.3 Å². The summed E-state index contributed by atoms with van der Waals surface area (Å²) in [5.41, 5.74) is 1.49. The molecular formula is C34H47N5O8S. The Morgan fingerprint density at radius 2 is 1.81 bits per heavy atom. The first kappa shape index (κ1) is 36.8. The third-order valence-corrected chi connectivity index (χ3v) is 10.5. The van der Waals surface area contributed by atoms with Gasteiger partial charge in [-0.1, -0.05) is 30.3 Å². The Bertz CT molecular complexity index is 1630. The maximum Gasteiger partial charge on any atom is 0.323 e. The maximum atomic E-state index is 14.3. The van der Waals surface area contributed by atoms with Crippen LogP contribution in [-0.4, -0.2) is 91.4 Å². The van der Waals surface area contributed by atoms with E-state index in [4.69, 9.17) is 14.0 Å². The lowest BCUT2D eigenvalue weighted by Crippen LogP contribution is -2.48. The number of fused-ring (bicyclic) bond motifs is 1. The number of carbonyl (C=O) groups is 2. The number of amides is 3. The summed E-state index contributed by atoms with van der Waals surface area (Å²) in [5.74, 6) is -0.201. The van der Waals surface area contributed by atoms with Gasteiger partial charge in [0.2, 0.25) is 10.0 Å². The quantitative estimate of drug-likeness (QED) is 0.294. The highest BCUT2D eigenvalue weighted by Gasteiger charge is 2.34. The van der Waals surface area contributed by atoms with Crippen molar-refractivity contribution in [2.75, 3.05) is 44.0 Å². The number of anilines is 2. The lowest BCUT2D eigenvalue weighted by molar-refractivity contribution is -0.00835. The third-order valence-electron chi connectivity index (χ3n) is 8.41. The summed E-state index contributed by atoms with van der Waals surface area (Å²) in [6, 6.07) is 12.8. The highest BCUT2D eigenvalue weighted by molar-refractivity contribution is 7.89. The Kier molecular flexibility index (Phi) is 12.6. The van der Waals surface area contributed by atoms with Gasteiger partial charge in [0.15, 0.2) is 5.76 Å². The van der Waals surface area contributed by atoms with Gasteiger partial charge in [-0.2, -0.15) is 4.31 Å². The minimum Gasteiger partial charge on any atom is -0.490 e. The summed E-state index contributed by atoms with van der Waals surface area (Å²) < 4.78 is 46.0. The minimum absolute atomic E-state index is 0.0177. The molecule has 2 heterocycles. The smallest absolute Gasteiger partial charge is 0.323 e. The van der Waals surface area contributed by atoms with E-state index in [1.54, 1.807) is 51.1 Å². The van der Waals surface area contributed by atoms with E-state index >= 15 is 0 Å².